The first kappa shape index (κ1) is 36.0. The van der Waals surface area contributed by atoms with Gasteiger partial charge in [-0.05, 0) is 60.1 Å². The van der Waals surface area contributed by atoms with E-state index in [1.807, 2.05) is 55.1 Å². The molecule has 2 fully saturated rings. The van der Waals surface area contributed by atoms with Crippen molar-refractivity contribution in [2.45, 2.75) is 71.1 Å². The number of carbonyl (C=O) groups is 3. The van der Waals surface area contributed by atoms with Gasteiger partial charge in [0, 0.05) is 67.8 Å². The Labute approximate surface area is 310 Å². The molecule has 1 unspecified atom stereocenters. The molecule has 3 aliphatic heterocycles. The highest BCUT2D eigenvalue weighted by Gasteiger charge is 2.44. The number of halogens is 1. The summed E-state index contributed by atoms with van der Waals surface area (Å²) in [6.07, 6.45) is 2.54. The molecule has 3 aromatic rings. The molecule has 0 saturated carbocycles. The Kier molecular flexibility index (Phi) is 10.6. The molecule has 0 spiro atoms. The maximum absolute atomic E-state index is 14.6. The van der Waals surface area contributed by atoms with E-state index in [4.69, 9.17) is 21.1 Å². The van der Waals surface area contributed by atoms with Gasteiger partial charge in [-0.1, -0.05) is 67.9 Å². The summed E-state index contributed by atoms with van der Waals surface area (Å²) >= 11 is 7.07. The molecule has 11 heteroatoms. The number of fused-ring (bicyclic) bond motifs is 1. The summed E-state index contributed by atoms with van der Waals surface area (Å²) in [5.74, 6) is -0.0134. The average molecular weight is 727 g/mol. The minimum atomic E-state index is -0.906. The third-order valence-electron chi connectivity index (χ3n) is 10.7. The van der Waals surface area contributed by atoms with Crippen LogP contribution in [0.3, 0.4) is 0 Å². The highest BCUT2D eigenvalue weighted by atomic mass is 35.5. The van der Waals surface area contributed by atoms with Crippen LogP contribution < -0.4 is 15.0 Å². The lowest BCUT2D eigenvalue weighted by Gasteiger charge is -2.40. The number of amides is 2. The number of morpholine rings is 1. The minimum absolute atomic E-state index is 0.0265. The van der Waals surface area contributed by atoms with Crippen LogP contribution in [0.4, 0.5) is 11.4 Å². The number of para-hydroxylation sites is 1. The zero-order valence-corrected chi connectivity index (χ0v) is 30.7. The van der Waals surface area contributed by atoms with Gasteiger partial charge in [0.15, 0.2) is 5.78 Å². The van der Waals surface area contributed by atoms with E-state index in [1.54, 1.807) is 35.2 Å². The molecule has 4 aliphatic rings. The Balaban J connectivity index is 1.18. The second-order valence-electron chi connectivity index (χ2n) is 15.0. The van der Waals surface area contributed by atoms with E-state index >= 15 is 0 Å². The lowest BCUT2D eigenvalue weighted by Crippen LogP contribution is -2.50. The number of piperidine rings is 1. The Morgan fingerprint density at radius 1 is 0.942 bits per heavy atom. The van der Waals surface area contributed by atoms with E-state index in [1.165, 1.54) is 0 Å². The molecule has 2 saturated heterocycles. The summed E-state index contributed by atoms with van der Waals surface area (Å²) in [6.45, 7) is 9.04. The van der Waals surface area contributed by atoms with Crippen LogP contribution in [0.2, 0.25) is 5.02 Å². The molecule has 7 rings (SSSR count). The van der Waals surface area contributed by atoms with Crippen LogP contribution in [0, 0.1) is 5.41 Å². The molecule has 3 heterocycles. The summed E-state index contributed by atoms with van der Waals surface area (Å²) in [7, 11) is 0. The van der Waals surface area contributed by atoms with Crippen molar-refractivity contribution in [1.29, 1.82) is 0 Å². The number of ether oxygens (including phenoxy) is 2. The summed E-state index contributed by atoms with van der Waals surface area (Å²) in [5, 5.41) is 14.9. The van der Waals surface area contributed by atoms with Crippen molar-refractivity contribution in [2.75, 3.05) is 49.6 Å². The largest absolute Gasteiger partial charge is 0.506 e. The van der Waals surface area contributed by atoms with Crippen molar-refractivity contribution in [3.8, 4) is 11.5 Å². The molecule has 1 aliphatic carbocycles. The lowest BCUT2D eigenvalue weighted by atomic mass is 9.73. The molecule has 2 amide bonds. The molecule has 3 aromatic carbocycles. The third-order valence-corrected chi connectivity index (χ3v) is 11.1. The van der Waals surface area contributed by atoms with Crippen LogP contribution in [0.5, 0.6) is 11.5 Å². The van der Waals surface area contributed by atoms with Crippen LogP contribution in [0.15, 0.2) is 78.0 Å². The fraction of sp³-hybridized carbons (Fsp3) is 0.439. The third kappa shape index (κ3) is 7.70. The molecule has 0 radical (unpaired) electrons. The van der Waals surface area contributed by atoms with Crippen LogP contribution in [0.25, 0.3) is 0 Å². The van der Waals surface area contributed by atoms with Crippen LogP contribution in [-0.2, 0) is 25.7 Å². The molecule has 0 bridgehead atoms. The summed E-state index contributed by atoms with van der Waals surface area (Å²) in [6, 6.07) is 19.6. The van der Waals surface area contributed by atoms with E-state index in [-0.39, 0.29) is 48.0 Å². The number of Topliss-reactive ketones (excluding diaryl/α,β-unsaturated/α-hetero) is 1. The highest BCUT2D eigenvalue weighted by Crippen LogP contribution is 2.51. The average Bonchev–Trinajstić information content (AvgIpc) is 3.28. The van der Waals surface area contributed by atoms with E-state index in [0.717, 1.165) is 44.7 Å². The van der Waals surface area contributed by atoms with Gasteiger partial charge in [0.05, 0.1) is 24.9 Å². The molecule has 52 heavy (non-hydrogen) atoms. The quantitative estimate of drug-likeness (QED) is 0.242. The lowest BCUT2D eigenvalue weighted by molar-refractivity contribution is -0.135. The van der Waals surface area contributed by atoms with Gasteiger partial charge in [-0.3, -0.25) is 24.2 Å². The highest BCUT2D eigenvalue weighted by molar-refractivity contribution is 6.31. The second-order valence-corrected chi connectivity index (χ2v) is 15.4. The summed E-state index contributed by atoms with van der Waals surface area (Å²) in [5.41, 5.74) is 3.03. The number of benzene rings is 3. The predicted octanol–water partition coefficient (Wildman–Crippen LogP) is 6.87. The van der Waals surface area contributed by atoms with Gasteiger partial charge < -0.3 is 24.8 Å². The van der Waals surface area contributed by atoms with Crippen LogP contribution >= 0.6 is 11.6 Å². The zero-order chi connectivity index (χ0) is 36.4. The number of phenols is 1. The Bertz CT molecular complexity index is 1850. The number of rotatable bonds is 8. The molecule has 274 valence electrons. The summed E-state index contributed by atoms with van der Waals surface area (Å²) < 4.78 is 11.6. The zero-order valence-electron chi connectivity index (χ0n) is 29.9. The number of ketones is 1. The number of nitrogens with one attached hydrogen (secondary N) is 1. The number of phenolic OH excluding ortho intramolecular Hbond substituents is 1. The molecule has 10 nitrogen and oxygen atoms in total. The number of aromatic hydroxyl groups is 1. The Morgan fingerprint density at radius 3 is 2.40 bits per heavy atom. The number of allylic oxidation sites excluding steroid dienone is 1. The van der Waals surface area contributed by atoms with Crippen molar-refractivity contribution in [3.05, 3.63) is 94.1 Å². The first-order chi connectivity index (χ1) is 25.1. The molecular weight excluding hydrogens is 680 g/mol. The van der Waals surface area contributed by atoms with Gasteiger partial charge >= 0.3 is 0 Å². The van der Waals surface area contributed by atoms with Gasteiger partial charge in [-0.15, -0.1) is 0 Å². The van der Waals surface area contributed by atoms with Crippen LogP contribution in [-0.4, -0.2) is 77.9 Å². The van der Waals surface area contributed by atoms with Crippen molar-refractivity contribution >= 4 is 40.6 Å². The Morgan fingerprint density at radius 2 is 1.67 bits per heavy atom. The fourth-order valence-corrected chi connectivity index (χ4v) is 8.36. The molecular formula is C41H47ClN4O6. The number of likely N-dealkylation sites (tertiary alicyclic amines) is 1. The number of carbonyl (C=O) groups excluding carboxylic acids is 3. The van der Waals surface area contributed by atoms with Crippen molar-refractivity contribution in [2.24, 2.45) is 5.41 Å². The topological polar surface area (TPSA) is 112 Å². The second kappa shape index (κ2) is 15.3. The van der Waals surface area contributed by atoms with Crippen molar-refractivity contribution in [1.82, 2.24) is 9.80 Å². The van der Waals surface area contributed by atoms with E-state index in [9.17, 15) is 19.5 Å². The van der Waals surface area contributed by atoms with Gasteiger partial charge in [-0.2, -0.15) is 0 Å². The first-order valence-corrected chi connectivity index (χ1v) is 18.7. The normalized spacial score (nSPS) is 20.8. The van der Waals surface area contributed by atoms with Gasteiger partial charge in [0.1, 0.15) is 23.8 Å². The number of nitrogens with zero attached hydrogens (tertiary/aromatic N) is 3. The fourth-order valence-electron chi connectivity index (χ4n) is 8.09. The summed E-state index contributed by atoms with van der Waals surface area (Å²) in [4.78, 5) is 48.3. The number of hydrogen-bond acceptors (Lipinski definition) is 8. The van der Waals surface area contributed by atoms with Gasteiger partial charge in [0.25, 0.3) is 0 Å². The van der Waals surface area contributed by atoms with E-state index < -0.39 is 6.04 Å². The van der Waals surface area contributed by atoms with E-state index in [2.05, 4.69) is 10.2 Å². The standard InChI is InChI=1S/C41H47ClN4O6/c1-41(2)24-32-38(35(48)25-41)40(30-12-11-29(23-31(30)42)52-26-27-7-4-3-5-8-27)46(33-9-6-10-34(47)39(33)43-32)37(50)14-13-36(49)45-17-15-28(16-18-45)44-19-21-51-22-20-44/h3-12,23,28,40,43,47H,13-22,24-26H2,1-2H3. The Hall–Kier alpha value is -4.38. The molecule has 1 atom stereocenters. The maximum atomic E-state index is 14.6. The molecule has 0 aromatic heterocycles. The maximum Gasteiger partial charge on any atom is 0.228 e. The first-order valence-electron chi connectivity index (χ1n) is 18.3. The number of hydrogen-bond donors (Lipinski definition) is 2. The SMILES string of the molecule is CC1(C)CC(=O)C2=C(C1)Nc1c(O)cccc1N(C(=O)CCC(=O)N1CCC(N3CCOCC3)CC1)C2c1ccc(OCc2ccccc2)cc1Cl. The monoisotopic (exact) mass is 726 g/mol. The smallest absolute Gasteiger partial charge is 0.228 e. The molecule has 2 N–H and O–H groups in total. The van der Waals surface area contributed by atoms with Crippen molar-refractivity contribution < 1.29 is 29.0 Å². The van der Waals surface area contributed by atoms with Crippen molar-refractivity contribution in [3.63, 3.8) is 0 Å². The minimum Gasteiger partial charge on any atom is -0.506 e. The van der Waals surface area contributed by atoms with Crippen LogP contribution in [0.1, 0.15) is 69.5 Å². The number of anilines is 2. The van der Waals surface area contributed by atoms with E-state index in [0.29, 0.717) is 71.1 Å². The predicted molar refractivity (Wildman–Crippen MR) is 200 cm³/mol. The van der Waals surface area contributed by atoms with Gasteiger partial charge in [-0.25, -0.2) is 0 Å². The van der Waals surface area contributed by atoms with Gasteiger partial charge in [0.2, 0.25) is 11.8 Å².